The molecule has 4 heteroatoms. The second kappa shape index (κ2) is 4.21. The molecule has 1 amide bonds. The highest BCUT2D eigenvalue weighted by molar-refractivity contribution is 5.78. The molecule has 1 saturated heterocycles. The van der Waals surface area contributed by atoms with Gasteiger partial charge in [0.1, 0.15) is 6.33 Å². The van der Waals surface area contributed by atoms with Gasteiger partial charge in [-0.25, -0.2) is 9.97 Å². The lowest BCUT2D eigenvalue weighted by molar-refractivity contribution is -0.128. The average Bonchev–Trinajstić information content (AvgIpc) is 2.61. The molecule has 1 aromatic rings. The third-order valence-corrected chi connectivity index (χ3v) is 2.57. The average molecular weight is 203 g/mol. The molecular weight excluding hydrogens is 190 g/mol. The van der Waals surface area contributed by atoms with Crippen LogP contribution >= 0.6 is 0 Å². The zero-order valence-electron chi connectivity index (χ0n) is 8.47. The molecule has 0 N–H and O–H groups in total. The second-order valence-corrected chi connectivity index (χ2v) is 3.72. The van der Waals surface area contributed by atoms with Crippen molar-refractivity contribution in [2.75, 3.05) is 6.54 Å². The lowest BCUT2D eigenvalue weighted by Gasteiger charge is -2.15. The van der Waals surface area contributed by atoms with Gasteiger partial charge in [-0.2, -0.15) is 0 Å². The molecule has 2 heterocycles. The van der Waals surface area contributed by atoms with Crippen molar-refractivity contribution in [2.24, 2.45) is 5.92 Å². The number of likely N-dealkylation sites (tertiary alicyclic amines) is 1. The molecule has 0 aromatic carbocycles. The Bertz CT molecular complexity index is 363. The van der Waals surface area contributed by atoms with Crippen LogP contribution in [0, 0.1) is 5.92 Å². The molecular formula is C11H13N3O. The predicted molar refractivity (Wildman–Crippen MR) is 55.8 cm³/mol. The lowest BCUT2D eigenvalue weighted by Crippen LogP contribution is -2.24. The van der Waals surface area contributed by atoms with Gasteiger partial charge in [-0.05, 0) is 0 Å². The first-order valence-corrected chi connectivity index (χ1v) is 4.94. The summed E-state index contributed by atoms with van der Waals surface area (Å²) in [6, 6.07) is 0. The molecule has 0 saturated carbocycles. The number of carbonyl (C=O) groups is 1. The minimum Gasteiger partial charge on any atom is -0.338 e. The highest BCUT2D eigenvalue weighted by atomic mass is 16.2. The Morgan fingerprint density at radius 2 is 2.27 bits per heavy atom. The van der Waals surface area contributed by atoms with Crippen LogP contribution in [-0.2, 0) is 11.3 Å². The Kier molecular flexibility index (Phi) is 2.76. The van der Waals surface area contributed by atoms with Crippen LogP contribution in [0.1, 0.15) is 12.0 Å². The van der Waals surface area contributed by atoms with Crippen molar-refractivity contribution in [3.05, 3.63) is 36.9 Å². The first-order chi connectivity index (χ1) is 7.29. The summed E-state index contributed by atoms with van der Waals surface area (Å²) < 4.78 is 0. The molecule has 15 heavy (non-hydrogen) atoms. The third kappa shape index (κ3) is 2.21. The summed E-state index contributed by atoms with van der Waals surface area (Å²) in [5, 5.41) is 0. The Morgan fingerprint density at radius 3 is 2.87 bits per heavy atom. The van der Waals surface area contributed by atoms with Gasteiger partial charge < -0.3 is 4.90 Å². The second-order valence-electron chi connectivity index (χ2n) is 3.72. The summed E-state index contributed by atoms with van der Waals surface area (Å²) in [6.07, 6.45) is 7.39. The Labute approximate surface area is 88.7 Å². The fourth-order valence-corrected chi connectivity index (χ4v) is 1.75. The molecule has 4 nitrogen and oxygen atoms in total. The van der Waals surface area contributed by atoms with Crippen molar-refractivity contribution in [1.29, 1.82) is 0 Å². The zero-order chi connectivity index (χ0) is 10.7. The lowest BCUT2D eigenvalue weighted by atomic mass is 10.1. The quantitative estimate of drug-likeness (QED) is 0.689. The van der Waals surface area contributed by atoms with Crippen molar-refractivity contribution in [3.63, 3.8) is 0 Å². The molecule has 1 unspecified atom stereocenters. The molecule has 1 atom stereocenters. The fourth-order valence-electron chi connectivity index (χ4n) is 1.75. The van der Waals surface area contributed by atoms with Gasteiger partial charge >= 0.3 is 0 Å². The van der Waals surface area contributed by atoms with E-state index in [1.807, 2.05) is 11.0 Å². The van der Waals surface area contributed by atoms with Gasteiger partial charge in [0.15, 0.2) is 0 Å². The molecule has 1 aliphatic rings. The highest BCUT2D eigenvalue weighted by Crippen LogP contribution is 2.19. The Balaban J connectivity index is 2.01. The largest absolute Gasteiger partial charge is 0.338 e. The number of hydrogen-bond acceptors (Lipinski definition) is 3. The first-order valence-electron chi connectivity index (χ1n) is 4.94. The smallest absolute Gasteiger partial charge is 0.223 e. The van der Waals surface area contributed by atoms with Crippen LogP contribution in [0.2, 0.25) is 0 Å². The van der Waals surface area contributed by atoms with E-state index >= 15 is 0 Å². The van der Waals surface area contributed by atoms with Gasteiger partial charge in [0.05, 0.1) is 0 Å². The Hall–Kier alpha value is -1.71. The SMILES string of the molecule is C=CC1CC(=O)N(Cc2cncnc2)C1. The topological polar surface area (TPSA) is 46.1 Å². The van der Waals surface area contributed by atoms with E-state index in [0.717, 1.165) is 12.1 Å². The normalized spacial score (nSPS) is 20.7. The number of rotatable bonds is 3. The minimum absolute atomic E-state index is 0.184. The van der Waals surface area contributed by atoms with Crippen LogP contribution in [0.3, 0.4) is 0 Å². The number of carbonyl (C=O) groups excluding carboxylic acids is 1. The maximum absolute atomic E-state index is 11.6. The van der Waals surface area contributed by atoms with Crippen molar-refractivity contribution in [2.45, 2.75) is 13.0 Å². The number of hydrogen-bond donors (Lipinski definition) is 0. The fraction of sp³-hybridized carbons (Fsp3) is 0.364. The summed E-state index contributed by atoms with van der Waals surface area (Å²) in [7, 11) is 0. The van der Waals surface area contributed by atoms with Crippen LogP contribution < -0.4 is 0 Å². The van der Waals surface area contributed by atoms with Gasteiger partial charge in [-0.1, -0.05) is 6.08 Å². The zero-order valence-corrected chi connectivity index (χ0v) is 8.47. The molecule has 0 radical (unpaired) electrons. The molecule has 1 aliphatic heterocycles. The van der Waals surface area contributed by atoms with E-state index < -0.39 is 0 Å². The highest BCUT2D eigenvalue weighted by Gasteiger charge is 2.27. The third-order valence-electron chi connectivity index (χ3n) is 2.57. The van der Waals surface area contributed by atoms with Crippen LogP contribution in [0.25, 0.3) is 0 Å². The van der Waals surface area contributed by atoms with E-state index in [0.29, 0.717) is 18.9 Å². The summed E-state index contributed by atoms with van der Waals surface area (Å²) in [4.78, 5) is 21.3. The molecule has 0 spiro atoms. The molecule has 78 valence electrons. The predicted octanol–water partition coefficient (Wildman–Crippen LogP) is 1.01. The van der Waals surface area contributed by atoms with Gasteiger partial charge in [0, 0.05) is 43.4 Å². The molecule has 0 bridgehead atoms. The first kappa shape index (κ1) is 9.83. The van der Waals surface area contributed by atoms with Crippen LogP contribution in [0.15, 0.2) is 31.4 Å². The van der Waals surface area contributed by atoms with Crippen molar-refractivity contribution in [3.8, 4) is 0 Å². The van der Waals surface area contributed by atoms with E-state index in [2.05, 4.69) is 16.5 Å². The van der Waals surface area contributed by atoms with Gasteiger partial charge in [0.25, 0.3) is 0 Å². The maximum atomic E-state index is 11.6. The molecule has 0 aliphatic carbocycles. The molecule has 1 aromatic heterocycles. The Morgan fingerprint density at radius 1 is 1.53 bits per heavy atom. The van der Waals surface area contributed by atoms with Gasteiger partial charge in [-0.3, -0.25) is 4.79 Å². The van der Waals surface area contributed by atoms with E-state index in [4.69, 9.17) is 0 Å². The van der Waals surface area contributed by atoms with Gasteiger partial charge in [0.2, 0.25) is 5.91 Å². The summed E-state index contributed by atoms with van der Waals surface area (Å²) in [5.41, 5.74) is 0.968. The monoisotopic (exact) mass is 203 g/mol. The van der Waals surface area contributed by atoms with Gasteiger partial charge in [-0.15, -0.1) is 6.58 Å². The van der Waals surface area contributed by atoms with E-state index in [1.165, 1.54) is 6.33 Å². The van der Waals surface area contributed by atoms with Crippen LogP contribution in [0.4, 0.5) is 0 Å². The van der Waals surface area contributed by atoms with Crippen molar-refractivity contribution >= 4 is 5.91 Å². The number of nitrogens with zero attached hydrogens (tertiary/aromatic N) is 3. The van der Waals surface area contributed by atoms with Crippen molar-refractivity contribution in [1.82, 2.24) is 14.9 Å². The standard InChI is InChI=1S/C11H13N3O/c1-2-9-3-11(15)14(6-9)7-10-4-12-8-13-5-10/h2,4-5,8-9H,1,3,6-7H2. The molecule has 1 fully saturated rings. The number of amides is 1. The van der Waals surface area contributed by atoms with E-state index in [-0.39, 0.29) is 5.91 Å². The maximum Gasteiger partial charge on any atom is 0.223 e. The van der Waals surface area contributed by atoms with Crippen molar-refractivity contribution < 1.29 is 4.79 Å². The summed E-state index contributed by atoms with van der Waals surface area (Å²) in [6.45, 7) is 5.08. The summed E-state index contributed by atoms with van der Waals surface area (Å²) in [5.74, 6) is 0.478. The molecule has 2 rings (SSSR count). The van der Waals surface area contributed by atoms with E-state index in [1.54, 1.807) is 12.4 Å². The number of aromatic nitrogens is 2. The minimum atomic E-state index is 0.184. The van der Waals surface area contributed by atoms with Crippen LogP contribution in [0.5, 0.6) is 0 Å². The summed E-state index contributed by atoms with van der Waals surface area (Å²) >= 11 is 0. The van der Waals surface area contributed by atoms with E-state index in [9.17, 15) is 4.79 Å². The van der Waals surface area contributed by atoms with Crippen LogP contribution in [-0.4, -0.2) is 27.3 Å².